The zero-order valence-electron chi connectivity index (χ0n) is 8.53. The highest BCUT2D eigenvalue weighted by Crippen LogP contribution is 2.38. The Hall–Kier alpha value is -1.35. The number of hydrogen-bond acceptors (Lipinski definition) is 3. The van der Waals surface area contributed by atoms with E-state index in [1.54, 1.807) is 0 Å². The van der Waals surface area contributed by atoms with Crippen LogP contribution in [-0.2, 0) is 9.47 Å². The van der Waals surface area contributed by atoms with E-state index in [9.17, 15) is 4.79 Å². The third kappa shape index (κ3) is 1.27. The van der Waals surface area contributed by atoms with E-state index in [4.69, 9.17) is 9.47 Å². The number of esters is 1. The molecule has 3 nitrogen and oxygen atoms in total. The van der Waals surface area contributed by atoms with Crippen LogP contribution in [0, 0.1) is 6.92 Å². The Bertz CT molecular complexity index is 425. The molecule has 0 aliphatic carbocycles. The lowest BCUT2D eigenvalue weighted by molar-refractivity contribution is -0.00969. The predicted octanol–water partition coefficient (Wildman–Crippen LogP) is 2.00. The average molecular weight is 204 g/mol. The fourth-order valence-electron chi connectivity index (χ4n) is 2.28. The average Bonchev–Trinajstić information content (AvgIpc) is 2.66. The molecule has 0 aromatic heterocycles. The molecular formula is C12H12O3. The van der Waals surface area contributed by atoms with Crippen molar-refractivity contribution < 1.29 is 14.3 Å². The Labute approximate surface area is 88.0 Å². The highest BCUT2D eigenvalue weighted by atomic mass is 16.6. The third-order valence-electron chi connectivity index (χ3n) is 3.03. The van der Waals surface area contributed by atoms with Crippen LogP contribution in [0.25, 0.3) is 0 Å². The van der Waals surface area contributed by atoms with E-state index < -0.39 is 0 Å². The van der Waals surface area contributed by atoms with E-state index in [1.165, 1.54) is 0 Å². The number of benzene rings is 1. The van der Waals surface area contributed by atoms with Gasteiger partial charge in [0.2, 0.25) is 0 Å². The van der Waals surface area contributed by atoms with Gasteiger partial charge in [0.1, 0.15) is 12.2 Å². The van der Waals surface area contributed by atoms with Gasteiger partial charge in [-0.25, -0.2) is 4.79 Å². The number of aryl methyl sites for hydroxylation is 1. The number of rotatable bonds is 0. The minimum Gasteiger partial charge on any atom is -0.456 e. The molecular weight excluding hydrogens is 192 g/mol. The van der Waals surface area contributed by atoms with E-state index in [0.29, 0.717) is 12.2 Å². The summed E-state index contributed by atoms with van der Waals surface area (Å²) >= 11 is 0. The van der Waals surface area contributed by atoms with Crippen LogP contribution in [-0.4, -0.2) is 18.7 Å². The second-order valence-electron chi connectivity index (χ2n) is 4.11. The molecule has 2 aliphatic heterocycles. The fourth-order valence-corrected chi connectivity index (χ4v) is 2.28. The Balaban J connectivity index is 2.14. The van der Waals surface area contributed by atoms with Crippen LogP contribution < -0.4 is 0 Å². The van der Waals surface area contributed by atoms with Gasteiger partial charge in [-0.3, -0.25) is 0 Å². The quantitative estimate of drug-likeness (QED) is 0.606. The molecule has 0 amide bonds. The first-order valence-electron chi connectivity index (χ1n) is 5.19. The minimum atomic E-state index is -0.208. The molecule has 2 aliphatic rings. The van der Waals surface area contributed by atoms with Gasteiger partial charge in [0, 0.05) is 6.42 Å². The summed E-state index contributed by atoms with van der Waals surface area (Å²) in [5.74, 6) is -0.208. The first kappa shape index (κ1) is 8.92. The van der Waals surface area contributed by atoms with Gasteiger partial charge in [0.15, 0.2) is 0 Å². The molecule has 1 saturated heterocycles. The van der Waals surface area contributed by atoms with Gasteiger partial charge >= 0.3 is 5.97 Å². The molecule has 78 valence electrons. The Morgan fingerprint density at radius 3 is 3.13 bits per heavy atom. The van der Waals surface area contributed by atoms with Crippen LogP contribution in [0.2, 0.25) is 0 Å². The first-order valence-corrected chi connectivity index (χ1v) is 5.19. The molecule has 0 N–H and O–H groups in total. The molecule has 3 heteroatoms. The summed E-state index contributed by atoms with van der Waals surface area (Å²) in [6.07, 6.45) is 0.690. The topological polar surface area (TPSA) is 35.5 Å². The van der Waals surface area contributed by atoms with Crippen molar-refractivity contribution >= 4 is 5.97 Å². The second-order valence-corrected chi connectivity index (χ2v) is 4.11. The van der Waals surface area contributed by atoms with Gasteiger partial charge in [-0.05, 0) is 18.6 Å². The molecule has 0 saturated carbocycles. The van der Waals surface area contributed by atoms with Gasteiger partial charge in [0.05, 0.1) is 12.2 Å². The summed E-state index contributed by atoms with van der Waals surface area (Å²) in [5.41, 5.74) is 2.72. The second kappa shape index (κ2) is 3.07. The number of ether oxygens (including phenoxy) is 2. The summed E-state index contributed by atoms with van der Waals surface area (Å²) in [6.45, 7) is 2.64. The van der Waals surface area contributed by atoms with E-state index in [1.807, 2.05) is 25.1 Å². The Kier molecular flexibility index (Phi) is 1.83. The molecule has 15 heavy (non-hydrogen) atoms. The minimum absolute atomic E-state index is 0.0432. The summed E-state index contributed by atoms with van der Waals surface area (Å²) in [5, 5.41) is 0. The number of carbonyl (C=O) groups is 1. The van der Waals surface area contributed by atoms with Crippen molar-refractivity contribution in [3.8, 4) is 0 Å². The zero-order valence-corrected chi connectivity index (χ0v) is 8.53. The van der Waals surface area contributed by atoms with E-state index in [2.05, 4.69) is 0 Å². The number of hydrogen-bond donors (Lipinski definition) is 0. The highest BCUT2D eigenvalue weighted by Gasteiger charge is 2.39. The molecule has 2 atom stereocenters. The smallest absolute Gasteiger partial charge is 0.338 e. The molecule has 1 aromatic rings. The maximum atomic E-state index is 11.7. The van der Waals surface area contributed by atoms with Gasteiger partial charge < -0.3 is 9.47 Å². The monoisotopic (exact) mass is 204 g/mol. The standard InChI is InChI=1S/C12H12O3/c1-7-2-3-8-9(6-7)12(13)15-10-4-5-14-11(8)10/h2-3,6,10-11H,4-5H2,1H3/t10-,11-/m0/s1. The fraction of sp³-hybridized carbons (Fsp3) is 0.417. The summed E-state index contributed by atoms with van der Waals surface area (Å²) in [7, 11) is 0. The van der Waals surface area contributed by atoms with Crippen LogP contribution >= 0.6 is 0 Å². The maximum absolute atomic E-state index is 11.7. The highest BCUT2D eigenvalue weighted by molar-refractivity contribution is 5.92. The SMILES string of the molecule is Cc1ccc2c(c1)C(=O)O[C@H]1CCO[C@@H]21. The third-order valence-corrected chi connectivity index (χ3v) is 3.03. The summed E-state index contributed by atoms with van der Waals surface area (Å²) in [4.78, 5) is 11.7. The molecule has 0 unspecified atom stereocenters. The molecule has 3 rings (SSSR count). The molecule has 1 aromatic carbocycles. The van der Waals surface area contributed by atoms with Gasteiger partial charge in [-0.15, -0.1) is 0 Å². The molecule has 1 fully saturated rings. The number of fused-ring (bicyclic) bond motifs is 3. The molecule has 0 bridgehead atoms. The van der Waals surface area contributed by atoms with E-state index >= 15 is 0 Å². The Morgan fingerprint density at radius 2 is 2.27 bits per heavy atom. The van der Waals surface area contributed by atoms with Crippen molar-refractivity contribution in [2.75, 3.05) is 6.61 Å². The van der Waals surface area contributed by atoms with Crippen LogP contribution in [0.15, 0.2) is 18.2 Å². The van der Waals surface area contributed by atoms with Gasteiger partial charge in [-0.1, -0.05) is 17.7 Å². The summed E-state index contributed by atoms with van der Waals surface area (Å²) < 4.78 is 10.9. The number of carbonyl (C=O) groups excluding carboxylic acids is 1. The van der Waals surface area contributed by atoms with Crippen molar-refractivity contribution in [1.82, 2.24) is 0 Å². The maximum Gasteiger partial charge on any atom is 0.338 e. The molecule has 2 heterocycles. The van der Waals surface area contributed by atoms with Crippen molar-refractivity contribution in [1.29, 1.82) is 0 Å². The normalized spacial score (nSPS) is 28.2. The molecule has 0 spiro atoms. The van der Waals surface area contributed by atoms with Crippen molar-refractivity contribution in [3.05, 3.63) is 34.9 Å². The van der Waals surface area contributed by atoms with Crippen LogP contribution in [0.3, 0.4) is 0 Å². The summed E-state index contributed by atoms with van der Waals surface area (Å²) in [6, 6.07) is 5.86. The van der Waals surface area contributed by atoms with E-state index in [-0.39, 0.29) is 18.2 Å². The largest absolute Gasteiger partial charge is 0.456 e. The van der Waals surface area contributed by atoms with Gasteiger partial charge in [-0.2, -0.15) is 0 Å². The first-order chi connectivity index (χ1) is 7.25. The zero-order chi connectivity index (χ0) is 10.4. The predicted molar refractivity (Wildman–Crippen MR) is 53.7 cm³/mol. The lowest BCUT2D eigenvalue weighted by atomic mass is 9.94. The molecule has 0 radical (unpaired) electrons. The van der Waals surface area contributed by atoms with Gasteiger partial charge in [0.25, 0.3) is 0 Å². The van der Waals surface area contributed by atoms with Crippen LogP contribution in [0.4, 0.5) is 0 Å². The van der Waals surface area contributed by atoms with Crippen LogP contribution in [0.5, 0.6) is 0 Å². The van der Waals surface area contributed by atoms with Crippen molar-refractivity contribution in [2.45, 2.75) is 25.6 Å². The van der Waals surface area contributed by atoms with Crippen molar-refractivity contribution in [3.63, 3.8) is 0 Å². The van der Waals surface area contributed by atoms with E-state index in [0.717, 1.165) is 17.5 Å². The van der Waals surface area contributed by atoms with Crippen LogP contribution in [0.1, 0.15) is 34.0 Å². The lowest BCUT2D eigenvalue weighted by Crippen LogP contribution is -2.29. The lowest BCUT2D eigenvalue weighted by Gasteiger charge is -2.26. The Morgan fingerprint density at radius 1 is 1.40 bits per heavy atom. The van der Waals surface area contributed by atoms with Crippen molar-refractivity contribution in [2.24, 2.45) is 0 Å².